The Morgan fingerprint density at radius 3 is 2.63 bits per heavy atom. The molecule has 1 aromatic carbocycles. The van der Waals surface area contributed by atoms with Crippen molar-refractivity contribution >= 4 is 11.9 Å². The number of ether oxygens (including phenoxy) is 1. The molecule has 0 aromatic heterocycles. The van der Waals surface area contributed by atoms with Crippen LogP contribution < -0.4 is 10.1 Å². The average molecular weight is 267 g/mol. The highest BCUT2D eigenvalue weighted by atomic mass is 16.5. The zero-order valence-corrected chi connectivity index (χ0v) is 10.6. The van der Waals surface area contributed by atoms with Gasteiger partial charge in [-0.1, -0.05) is 12.1 Å². The van der Waals surface area contributed by atoms with Crippen LogP contribution in [0.3, 0.4) is 0 Å². The molecule has 0 saturated carbocycles. The summed E-state index contributed by atoms with van der Waals surface area (Å²) in [6.07, 6.45) is -0.0438. The number of rotatable bonds is 7. The smallest absolute Gasteiger partial charge is 0.326 e. The third kappa shape index (κ3) is 4.26. The molecule has 6 heteroatoms. The van der Waals surface area contributed by atoms with Gasteiger partial charge in [0.05, 0.1) is 12.2 Å². The number of aliphatic carboxylic acids is 1. The van der Waals surface area contributed by atoms with Crippen LogP contribution in [-0.2, 0) is 4.79 Å². The van der Waals surface area contributed by atoms with E-state index in [0.717, 1.165) is 0 Å². The molecule has 19 heavy (non-hydrogen) atoms. The molecule has 0 spiro atoms. The average Bonchev–Trinajstić information content (AvgIpc) is 2.39. The van der Waals surface area contributed by atoms with Crippen molar-refractivity contribution in [3.63, 3.8) is 0 Å². The molecule has 0 radical (unpaired) electrons. The lowest BCUT2D eigenvalue weighted by molar-refractivity contribution is -0.139. The Morgan fingerprint density at radius 1 is 1.37 bits per heavy atom. The Morgan fingerprint density at radius 2 is 2.05 bits per heavy atom. The number of aliphatic hydroxyl groups is 1. The van der Waals surface area contributed by atoms with E-state index in [1.165, 1.54) is 0 Å². The lowest BCUT2D eigenvalue weighted by Crippen LogP contribution is -2.41. The van der Waals surface area contributed by atoms with Crippen LogP contribution >= 0.6 is 0 Å². The maximum absolute atomic E-state index is 12.0. The third-order valence-corrected chi connectivity index (χ3v) is 2.45. The van der Waals surface area contributed by atoms with Crippen molar-refractivity contribution in [1.82, 2.24) is 5.32 Å². The lowest BCUT2D eigenvalue weighted by Gasteiger charge is -2.15. The molecule has 3 N–H and O–H groups in total. The van der Waals surface area contributed by atoms with E-state index in [1.54, 1.807) is 31.2 Å². The van der Waals surface area contributed by atoms with Gasteiger partial charge in [-0.15, -0.1) is 0 Å². The number of carbonyl (C=O) groups excluding carboxylic acids is 1. The van der Waals surface area contributed by atoms with Crippen LogP contribution in [-0.4, -0.2) is 41.3 Å². The van der Waals surface area contributed by atoms with Gasteiger partial charge in [-0.2, -0.15) is 0 Å². The molecule has 1 aromatic rings. The minimum absolute atomic E-state index is 0.0438. The first-order valence-corrected chi connectivity index (χ1v) is 5.96. The quantitative estimate of drug-likeness (QED) is 0.674. The number of nitrogens with one attached hydrogen (secondary N) is 1. The molecule has 0 aliphatic carbocycles. The number of carboxylic acid groups (broad SMARTS) is 1. The van der Waals surface area contributed by atoms with Crippen molar-refractivity contribution < 1.29 is 24.5 Å². The molecule has 0 aliphatic heterocycles. The van der Waals surface area contributed by atoms with Gasteiger partial charge < -0.3 is 20.3 Å². The van der Waals surface area contributed by atoms with Crippen molar-refractivity contribution in [1.29, 1.82) is 0 Å². The maximum Gasteiger partial charge on any atom is 0.326 e. The fourth-order valence-corrected chi connectivity index (χ4v) is 1.56. The SMILES string of the molecule is CCOc1ccccc1C(=O)N[C@@H](CCO)C(=O)O. The normalized spacial score (nSPS) is 11.7. The zero-order chi connectivity index (χ0) is 14.3. The first kappa shape index (κ1) is 15.0. The number of amides is 1. The fourth-order valence-electron chi connectivity index (χ4n) is 1.56. The van der Waals surface area contributed by atoms with Crippen LogP contribution in [0.1, 0.15) is 23.7 Å². The Labute approximate surface area is 111 Å². The zero-order valence-electron chi connectivity index (χ0n) is 10.6. The lowest BCUT2D eigenvalue weighted by atomic mass is 10.1. The Hall–Kier alpha value is -2.08. The van der Waals surface area contributed by atoms with Gasteiger partial charge in [0.25, 0.3) is 5.91 Å². The number of carbonyl (C=O) groups is 2. The van der Waals surface area contributed by atoms with E-state index in [4.69, 9.17) is 14.9 Å². The molecule has 0 heterocycles. The summed E-state index contributed by atoms with van der Waals surface area (Å²) < 4.78 is 5.30. The number of aliphatic hydroxyl groups excluding tert-OH is 1. The number of para-hydroxylation sites is 1. The van der Waals surface area contributed by atoms with Crippen molar-refractivity contribution in [2.75, 3.05) is 13.2 Å². The maximum atomic E-state index is 12.0. The summed E-state index contributed by atoms with van der Waals surface area (Å²) >= 11 is 0. The van der Waals surface area contributed by atoms with Crippen LogP contribution in [0.5, 0.6) is 5.75 Å². The Bertz CT molecular complexity index is 446. The van der Waals surface area contributed by atoms with Gasteiger partial charge in [-0.25, -0.2) is 4.79 Å². The molecule has 0 bridgehead atoms. The van der Waals surface area contributed by atoms with Gasteiger partial charge in [-0.3, -0.25) is 4.79 Å². The molecular weight excluding hydrogens is 250 g/mol. The molecule has 0 fully saturated rings. The van der Waals surface area contributed by atoms with E-state index < -0.39 is 17.9 Å². The van der Waals surface area contributed by atoms with Gasteiger partial charge >= 0.3 is 5.97 Å². The van der Waals surface area contributed by atoms with E-state index >= 15 is 0 Å². The number of carboxylic acids is 1. The highest BCUT2D eigenvalue weighted by Gasteiger charge is 2.21. The summed E-state index contributed by atoms with van der Waals surface area (Å²) in [6, 6.07) is 5.47. The molecule has 1 rings (SSSR count). The molecule has 0 unspecified atom stereocenters. The van der Waals surface area contributed by atoms with Gasteiger partial charge in [0, 0.05) is 13.0 Å². The van der Waals surface area contributed by atoms with Crippen molar-refractivity contribution in [2.45, 2.75) is 19.4 Å². The van der Waals surface area contributed by atoms with Crippen LogP contribution in [0.4, 0.5) is 0 Å². The van der Waals surface area contributed by atoms with Gasteiger partial charge in [0.1, 0.15) is 11.8 Å². The van der Waals surface area contributed by atoms with Gasteiger partial charge in [-0.05, 0) is 19.1 Å². The predicted molar refractivity (Wildman–Crippen MR) is 68.2 cm³/mol. The summed E-state index contributed by atoms with van der Waals surface area (Å²) in [5.41, 5.74) is 0.272. The van der Waals surface area contributed by atoms with E-state index in [2.05, 4.69) is 5.32 Å². The second kappa shape index (κ2) is 7.38. The minimum Gasteiger partial charge on any atom is -0.493 e. The molecule has 104 valence electrons. The molecule has 1 amide bonds. The summed E-state index contributed by atoms with van der Waals surface area (Å²) in [7, 11) is 0. The topological polar surface area (TPSA) is 95.9 Å². The molecule has 0 saturated heterocycles. The highest BCUT2D eigenvalue weighted by molar-refractivity contribution is 5.98. The number of hydrogen-bond donors (Lipinski definition) is 3. The van der Waals surface area contributed by atoms with Crippen LogP contribution in [0, 0.1) is 0 Å². The minimum atomic E-state index is -1.18. The molecule has 0 aliphatic rings. The first-order valence-electron chi connectivity index (χ1n) is 5.96. The summed E-state index contributed by atoms with van der Waals surface area (Å²) in [5.74, 6) is -1.32. The third-order valence-electron chi connectivity index (χ3n) is 2.45. The summed E-state index contributed by atoms with van der Waals surface area (Å²) in [6.45, 7) is 1.88. The monoisotopic (exact) mass is 267 g/mol. The standard InChI is InChI=1S/C13H17NO5/c1-2-19-11-6-4-3-5-9(11)12(16)14-10(7-8-15)13(17)18/h3-6,10,15H,2,7-8H2,1H3,(H,14,16)(H,17,18)/t10-/m0/s1. The molecular formula is C13H17NO5. The van der Waals surface area contributed by atoms with Crippen molar-refractivity contribution in [3.8, 4) is 5.75 Å². The van der Waals surface area contributed by atoms with Gasteiger partial charge in [0.15, 0.2) is 0 Å². The molecule has 1 atom stereocenters. The summed E-state index contributed by atoms with van der Waals surface area (Å²) in [4.78, 5) is 22.9. The van der Waals surface area contributed by atoms with Crippen LogP contribution in [0.15, 0.2) is 24.3 Å². The second-order valence-corrected chi connectivity index (χ2v) is 3.81. The van der Waals surface area contributed by atoms with E-state index in [9.17, 15) is 9.59 Å². The predicted octanol–water partition coefficient (Wildman–Crippen LogP) is 0.651. The first-order chi connectivity index (χ1) is 9.10. The Balaban J connectivity index is 2.84. The van der Waals surface area contributed by atoms with E-state index in [0.29, 0.717) is 12.4 Å². The fraction of sp³-hybridized carbons (Fsp3) is 0.385. The largest absolute Gasteiger partial charge is 0.493 e. The second-order valence-electron chi connectivity index (χ2n) is 3.81. The van der Waals surface area contributed by atoms with E-state index in [-0.39, 0.29) is 18.6 Å². The molecule has 6 nitrogen and oxygen atoms in total. The number of benzene rings is 1. The Kier molecular flexibility index (Phi) is 5.81. The van der Waals surface area contributed by atoms with Gasteiger partial charge in [0.2, 0.25) is 0 Å². The summed E-state index contributed by atoms with van der Waals surface area (Å²) in [5, 5.41) is 20.0. The number of hydrogen-bond acceptors (Lipinski definition) is 4. The van der Waals surface area contributed by atoms with Crippen molar-refractivity contribution in [3.05, 3.63) is 29.8 Å². The van der Waals surface area contributed by atoms with Crippen LogP contribution in [0.2, 0.25) is 0 Å². The van der Waals surface area contributed by atoms with E-state index in [1.807, 2.05) is 0 Å². The highest BCUT2D eigenvalue weighted by Crippen LogP contribution is 2.17. The van der Waals surface area contributed by atoms with Crippen LogP contribution in [0.25, 0.3) is 0 Å². The van der Waals surface area contributed by atoms with Crippen molar-refractivity contribution in [2.24, 2.45) is 0 Å².